The highest BCUT2D eigenvalue weighted by atomic mass is 16.5. The van der Waals surface area contributed by atoms with Crippen molar-refractivity contribution in [2.24, 2.45) is 0 Å². The summed E-state index contributed by atoms with van der Waals surface area (Å²) >= 11 is 0. The molecule has 5 heteroatoms. The fourth-order valence-corrected chi connectivity index (χ4v) is 2.23. The van der Waals surface area contributed by atoms with E-state index in [1.807, 2.05) is 12.1 Å². The number of amides is 1. The lowest BCUT2D eigenvalue weighted by Crippen LogP contribution is -2.39. The zero-order chi connectivity index (χ0) is 13.8. The summed E-state index contributed by atoms with van der Waals surface area (Å²) in [5.41, 5.74) is 2.65. The predicted octanol–water partition coefficient (Wildman–Crippen LogP) is 1.34. The molecule has 1 atom stereocenters. The number of anilines is 1. The van der Waals surface area contributed by atoms with Crippen molar-refractivity contribution < 1.29 is 14.3 Å². The maximum Gasteiger partial charge on any atom is 0.328 e. The van der Waals surface area contributed by atoms with Crippen LogP contribution in [-0.2, 0) is 16.0 Å². The Labute approximate surface area is 112 Å². The van der Waals surface area contributed by atoms with Crippen LogP contribution in [-0.4, -0.2) is 31.6 Å². The highest BCUT2D eigenvalue weighted by Gasteiger charge is 2.21. The van der Waals surface area contributed by atoms with Gasteiger partial charge in [-0.15, -0.1) is 0 Å². The number of fused-ring (bicyclic) bond motifs is 1. The molecule has 102 valence electrons. The minimum absolute atomic E-state index is 0.238. The molecule has 1 heterocycles. The molecule has 0 fully saturated rings. The Hall–Kier alpha value is -2.04. The third-order valence-corrected chi connectivity index (χ3v) is 3.24. The number of methoxy groups -OCH3 is 1. The average molecular weight is 262 g/mol. The molecule has 0 bridgehead atoms. The molecule has 1 aliphatic rings. The van der Waals surface area contributed by atoms with Gasteiger partial charge in [-0.05, 0) is 37.5 Å². The van der Waals surface area contributed by atoms with Gasteiger partial charge < -0.3 is 15.4 Å². The molecule has 0 aliphatic carbocycles. The van der Waals surface area contributed by atoms with E-state index in [9.17, 15) is 9.59 Å². The topological polar surface area (TPSA) is 67.4 Å². The lowest BCUT2D eigenvalue weighted by Gasteiger charge is -2.21. The van der Waals surface area contributed by atoms with Gasteiger partial charge in [0.25, 0.3) is 5.91 Å². The van der Waals surface area contributed by atoms with Crippen LogP contribution in [0.5, 0.6) is 0 Å². The molecule has 19 heavy (non-hydrogen) atoms. The Bertz CT molecular complexity index is 499. The van der Waals surface area contributed by atoms with E-state index in [2.05, 4.69) is 15.4 Å². The molecule has 0 spiro atoms. The third kappa shape index (κ3) is 2.86. The first-order chi connectivity index (χ1) is 9.13. The number of esters is 1. The number of ether oxygens (including phenoxy) is 1. The summed E-state index contributed by atoms with van der Waals surface area (Å²) < 4.78 is 4.60. The monoisotopic (exact) mass is 262 g/mol. The summed E-state index contributed by atoms with van der Waals surface area (Å²) in [5.74, 6) is -0.685. The van der Waals surface area contributed by atoms with E-state index in [-0.39, 0.29) is 5.91 Å². The standard InChI is InChI=1S/C14H18N2O3/c1-9(14(18)19-2)16-13(17)11-5-3-7-12-10(11)6-4-8-15-12/h3,5,7,9,15H,4,6,8H2,1-2H3,(H,16,17). The van der Waals surface area contributed by atoms with Crippen LogP contribution in [0.3, 0.4) is 0 Å². The van der Waals surface area contributed by atoms with Crippen LogP contribution < -0.4 is 10.6 Å². The Morgan fingerprint density at radius 2 is 2.21 bits per heavy atom. The summed E-state index contributed by atoms with van der Waals surface area (Å²) in [6.45, 7) is 2.54. The van der Waals surface area contributed by atoms with Crippen molar-refractivity contribution in [3.05, 3.63) is 29.3 Å². The van der Waals surface area contributed by atoms with Gasteiger partial charge in [-0.25, -0.2) is 4.79 Å². The van der Waals surface area contributed by atoms with Crippen LogP contribution in [0.4, 0.5) is 5.69 Å². The van der Waals surface area contributed by atoms with Gasteiger partial charge >= 0.3 is 5.97 Å². The number of rotatable bonds is 3. The fourth-order valence-electron chi connectivity index (χ4n) is 2.23. The molecular formula is C14H18N2O3. The lowest BCUT2D eigenvalue weighted by molar-refractivity contribution is -0.142. The second kappa shape index (κ2) is 5.73. The van der Waals surface area contributed by atoms with Gasteiger partial charge in [0.1, 0.15) is 6.04 Å². The maximum atomic E-state index is 12.2. The van der Waals surface area contributed by atoms with Crippen LogP contribution >= 0.6 is 0 Å². The highest BCUT2D eigenvalue weighted by molar-refractivity contribution is 5.99. The smallest absolute Gasteiger partial charge is 0.328 e. The molecule has 2 N–H and O–H groups in total. The molecule has 1 aromatic carbocycles. The van der Waals surface area contributed by atoms with E-state index in [0.717, 1.165) is 30.6 Å². The molecule has 0 saturated carbocycles. The van der Waals surface area contributed by atoms with Crippen molar-refractivity contribution >= 4 is 17.6 Å². The van der Waals surface area contributed by atoms with Gasteiger partial charge in [-0.2, -0.15) is 0 Å². The van der Waals surface area contributed by atoms with Crippen molar-refractivity contribution in [1.29, 1.82) is 0 Å². The second-order valence-electron chi connectivity index (χ2n) is 4.58. The van der Waals surface area contributed by atoms with E-state index in [0.29, 0.717) is 5.56 Å². The molecule has 0 aromatic heterocycles. The van der Waals surface area contributed by atoms with Gasteiger partial charge in [-0.3, -0.25) is 4.79 Å². The van der Waals surface area contributed by atoms with Crippen molar-refractivity contribution in [2.75, 3.05) is 19.0 Å². The van der Waals surface area contributed by atoms with Gasteiger partial charge in [0, 0.05) is 17.8 Å². The Morgan fingerprint density at radius 3 is 2.95 bits per heavy atom. The number of nitrogens with one attached hydrogen (secondary N) is 2. The molecule has 1 aliphatic heterocycles. The van der Waals surface area contributed by atoms with Crippen molar-refractivity contribution in [1.82, 2.24) is 5.32 Å². The zero-order valence-electron chi connectivity index (χ0n) is 11.2. The zero-order valence-corrected chi connectivity index (χ0v) is 11.2. The SMILES string of the molecule is COC(=O)C(C)NC(=O)c1cccc2c1CCCN2. The van der Waals surface area contributed by atoms with Crippen molar-refractivity contribution in [2.45, 2.75) is 25.8 Å². The minimum Gasteiger partial charge on any atom is -0.467 e. The fraction of sp³-hybridized carbons (Fsp3) is 0.429. The minimum atomic E-state index is -0.648. The number of hydrogen-bond donors (Lipinski definition) is 2. The van der Waals surface area contributed by atoms with E-state index >= 15 is 0 Å². The average Bonchev–Trinajstić information content (AvgIpc) is 2.45. The van der Waals surface area contributed by atoms with Gasteiger partial charge in [0.05, 0.1) is 7.11 Å². The largest absolute Gasteiger partial charge is 0.467 e. The van der Waals surface area contributed by atoms with E-state index < -0.39 is 12.0 Å². The van der Waals surface area contributed by atoms with Crippen molar-refractivity contribution in [3.63, 3.8) is 0 Å². The number of carbonyl (C=O) groups is 2. The number of carbonyl (C=O) groups excluding carboxylic acids is 2. The Kier molecular flexibility index (Phi) is 4.04. The second-order valence-corrected chi connectivity index (χ2v) is 4.58. The molecule has 1 unspecified atom stereocenters. The summed E-state index contributed by atoms with van der Waals surface area (Å²) in [6.07, 6.45) is 1.88. The summed E-state index contributed by atoms with van der Waals surface area (Å²) in [7, 11) is 1.30. The van der Waals surface area contributed by atoms with Gasteiger partial charge in [0.2, 0.25) is 0 Å². The quantitative estimate of drug-likeness (QED) is 0.807. The van der Waals surface area contributed by atoms with Crippen LogP contribution in [0.1, 0.15) is 29.3 Å². The van der Waals surface area contributed by atoms with Crippen LogP contribution in [0.25, 0.3) is 0 Å². The maximum absolute atomic E-state index is 12.2. The highest BCUT2D eigenvalue weighted by Crippen LogP contribution is 2.25. The third-order valence-electron chi connectivity index (χ3n) is 3.24. The summed E-state index contributed by atoms with van der Waals surface area (Å²) in [4.78, 5) is 23.5. The van der Waals surface area contributed by atoms with E-state index in [4.69, 9.17) is 0 Å². The lowest BCUT2D eigenvalue weighted by atomic mass is 9.97. The first-order valence-electron chi connectivity index (χ1n) is 6.38. The first-order valence-corrected chi connectivity index (χ1v) is 6.38. The summed E-state index contributed by atoms with van der Waals surface area (Å²) in [6, 6.07) is 4.94. The molecule has 1 amide bonds. The van der Waals surface area contributed by atoms with Gasteiger partial charge in [-0.1, -0.05) is 6.07 Å². The first kappa shape index (κ1) is 13.4. The Morgan fingerprint density at radius 1 is 1.42 bits per heavy atom. The number of hydrogen-bond acceptors (Lipinski definition) is 4. The predicted molar refractivity (Wildman–Crippen MR) is 72.2 cm³/mol. The molecule has 2 rings (SSSR count). The van der Waals surface area contributed by atoms with E-state index in [1.165, 1.54) is 7.11 Å². The molecule has 0 radical (unpaired) electrons. The van der Waals surface area contributed by atoms with E-state index in [1.54, 1.807) is 13.0 Å². The van der Waals surface area contributed by atoms with Crippen molar-refractivity contribution in [3.8, 4) is 0 Å². The van der Waals surface area contributed by atoms with Crippen LogP contribution in [0.2, 0.25) is 0 Å². The van der Waals surface area contributed by atoms with Gasteiger partial charge in [0.15, 0.2) is 0 Å². The molecule has 5 nitrogen and oxygen atoms in total. The molecular weight excluding hydrogens is 244 g/mol. The Balaban J connectivity index is 2.18. The summed E-state index contributed by atoms with van der Waals surface area (Å²) in [5, 5.41) is 5.93. The van der Waals surface area contributed by atoms with Crippen LogP contribution in [0.15, 0.2) is 18.2 Å². The molecule has 1 aromatic rings. The normalized spacial score (nSPS) is 14.8. The molecule has 0 saturated heterocycles. The number of benzene rings is 1. The van der Waals surface area contributed by atoms with Crippen LogP contribution in [0, 0.1) is 0 Å².